The highest BCUT2D eigenvalue weighted by molar-refractivity contribution is 5.77. The number of ether oxygens (including phenoxy) is 2. The first-order chi connectivity index (χ1) is 7.72. The van der Waals surface area contributed by atoms with Crippen LogP contribution in [0.4, 0.5) is 0 Å². The number of hydrogen-bond acceptors (Lipinski definition) is 4. The minimum Gasteiger partial charge on any atom is -0.383 e. The molecular formula is C11H22N2O3. The fraction of sp³-hybridized carbons (Fsp3) is 0.909. The van der Waals surface area contributed by atoms with E-state index in [-0.39, 0.29) is 24.7 Å². The quantitative estimate of drug-likeness (QED) is 0.669. The summed E-state index contributed by atoms with van der Waals surface area (Å²) in [6, 6.07) is 0.0362. The van der Waals surface area contributed by atoms with E-state index in [0.717, 1.165) is 25.9 Å². The summed E-state index contributed by atoms with van der Waals surface area (Å²) in [6.07, 6.45) is 2.20. The molecule has 1 saturated heterocycles. The minimum atomic E-state index is -0.0666. The molecule has 5 heteroatoms. The summed E-state index contributed by atoms with van der Waals surface area (Å²) in [5, 5.41) is 6.07. The molecule has 0 spiro atoms. The van der Waals surface area contributed by atoms with E-state index in [0.29, 0.717) is 6.61 Å². The van der Waals surface area contributed by atoms with Gasteiger partial charge in [0.05, 0.1) is 12.7 Å². The Morgan fingerprint density at radius 2 is 2.19 bits per heavy atom. The first kappa shape index (κ1) is 13.4. The van der Waals surface area contributed by atoms with E-state index in [1.807, 2.05) is 6.92 Å². The van der Waals surface area contributed by atoms with Crippen molar-refractivity contribution in [1.82, 2.24) is 10.6 Å². The van der Waals surface area contributed by atoms with Crippen molar-refractivity contribution in [2.24, 2.45) is 0 Å². The predicted octanol–water partition coefficient (Wildman–Crippen LogP) is -0.0939. The van der Waals surface area contributed by atoms with Gasteiger partial charge in [-0.3, -0.25) is 4.79 Å². The second-order valence-corrected chi connectivity index (χ2v) is 4.18. The standard InChI is InChI=1S/C11H22N2O3/c1-9(7-15-2)13-11(14)8-16-10-3-5-12-6-4-10/h9-10,12H,3-8H2,1-2H3,(H,13,14). The van der Waals surface area contributed by atoms with Gasteiger partial charge in [-0.1, -0.05) is 0 Å². The van der Waals surface area contributed by atoms with Crippen LogP contribution >= 0.6 is 0 Å². The SMILES string of the molecule is COCC(C)NC(=O)COC1CCNCC1. The monoisotopic (exact) mass is 230 g/mol. The number of rotatable bonds is 6. The van der Waals surface area contributed by atoms with Crippen LogP contribution in [0.15, 0.2) is 0 Å². The zero-order valence-corrected chi connectivity index (χ0v) is 10.1. The number of carbonyl (C=O) groups is 1. The molecule has 0 aromatic heterocycles. The van der Waals surface area contributed by atoms with Crippen molar-refractivity contribution in [2.45, 2.75) is 31.9 Å². The Kier molecular flexibility index (Phi) is 6.37. The first-order valence-corrected chi connectivity index (χ1v) is 5.83. The van der Waals surface area contributed by atoms with E-state index in [4.69, 9.17) is 9.47 Å². The van der Waals surface area contributed by atoms with Crippen LogP contribution in [-0.2, 0) is 14.3 Å². The van der Waals surface area contributed by atoms with Crippen LogP contribution in [-0.4, -0.2) is 51.5 Å². The van der Waals surface area contributed by atoms with Gasteiger partial charge in [0.1, 0.15) is 6.61 Å². The molecule has 1 amide bonds. The van der Waals surface area contributed by atoms with Crippen molar-refractivity contribution >= 4 is 5.91 Å². The van der Waals surface area contributed by atoms with Crippen molar-refractivity contribution in [1.29, 1.82) is 0 Å². The van der Waals surface area contributed by atoms with E-state index in [1.54, 1.807) is 7.11 Å². The summed E-state index contributed by atoms with van der Waals surface area (Å²) in [6.45, 7) is 4.54. The highest BCUT2D eigenvalue weighted by Gasteiger charge is 2.15. The Bertz CT molecular complexity index is 205. The summed E-state index contributed by atoms with van der Waals surface area (Å²) >= 11 is 0. The average Bonchev–Trinajstić information content (AvgIpc) is 2.28. The molecule has 0 radical (unpaired) electrons. The maximum absolute atomic E-state index is 11.5. The van der Waals surface area contributed by atoms with Gasteiger partial charge in [-0.15, -0.1) is 0 Å². The Hall–Kier alpha value is -0.650. The molecule has 1 rings (SSSR count). The fourth-order valence-corrected chi connectivity index (χ4v) is 1.76. The van der Waals surface area contributed by atoms with Gasteiger partial charge in [0.25, 0.3) is 0 Å². The molecule has 0 aromatic rings. The molecule has 1 heterocycles. The zero-order valence-electron chi connectivity index (χ0n) is 10.1. The maximum Gasteiger partial charge on any atom is 0.246 e. The lowest BCUT2D eigenvalue weighted by Crippen LogP contribution is -2.40. The average molecular weight is 230 g/mol. The van der Waals surface area contributed by atoms with Gasteiger partial charge in [-0.05, 0) is 32.9 Å². The lowest BCUT2D eigenvalue weighted by atomic mass is 10.1. The van der Waals surface area contributed by atoms with Crippen molar-refractivity contribution in [2.75, 3.05) is 33.4 Å². The van der Waals surface area contributed by atoms with Crippen molar-refractivity contribution < 1.29 is 14.3 Å². The molecule has 1 atom stereocenters. The molecule has 1 fully saturated rings. The Balaban J connectivity index is 2.09. The van der Waals surface area contributed by atoms with Gasteiger partial charge in [-0.2, -0.15) is 0 Å². The number of amides is 1. The highest BCUT2D eigenvalue weighted by atomic mass is 16.5. The zero-order chi connectivity index (χ0) is 11.8. The summed E-state index contributed by atoms with van der Waals surface area (Å²) in [4.78, 5) is 11.5. The van der Waals surface area contributed by atoms with Gasteiger partial charge >= 0.3 is 0 Å². The molecule has 0 bridgehead atoms. The van der Waals surface area contributed by atoms with Crippen LogP contribution in [0.1, 0.15) is 19.8 Å². The fourth-order valence-electron chi connectivity index (χ4n) is 1.76. The van der Waals surface area contributed by atoms with Gasteiger partial charge in [-0.25, -0.2) is 0 Å². The normalized spacial score (nSPS) is 19.4. The van der Waals surface area contributed by atoms with E-state index in [1.165, 1.54) is 0 Å². The molecule has 5 nitrogen and oxygen atoms in total. The number of methoxy groups -OCH3 is 1. The second kappa shape index (κ2) is 7.60. The van der Waals surface area contributed by atoms with E-state index in [9.17, 15) is 4.79 Å². The third kappa shape index (κ3) is 5.44. The molecule has 0 aliphatic carbocycles. The molecule has 94 valence electrons. The molecule has 1 aliphatic heterocycles. The van der Waals surface area contributed by atoms with Crippen LogP contribution in [0.5, 0.6) is 0 Å². The molecule has 1 aliphatic rings. The highest BCUT2D eigenvalue weighted by Crippen LogP contribution is 2.06. The van der Waals surface area contributed by atoms with Gasteiger partial charge in [0, 0.05) is 13.2 Å². The Morgan fingerprint density at radius 1 is 1.50 bits per heavy atom. The smallest absolute Gasteiger partial charge is 0.246 e. The van der Waals surface area contributed by atoms with Gasteiger partial charge < -0.3 is 20.1 Å². The third-order valence-electron chi connectivity index (χ3n) is 2.56. The molecule has 0 saturated carbocycles. The molecule has 0 aromatic carbocycles. The summed E-state index contributed by atoms with van der Waals surface area (Å²) in [7, 11) is 1.62. The van der Waals surface area contributed by atoms with E-state index in [2.05, 4.69) is 10.6 Å². The number of nitrogens with one attached hydrogen (secondary N) is 2. The van der Waals surface area contributed by atoms with Crippen molar-refractivity contribution in [3.63, 3.8) is 0 Å². The van der Waals surface area contributed by atoms with Crippen LogP contribution in [0.3, 0.4) is 0 Å². The lowest BCUT2D eigenvalue weighted by molar-refractivity contribution is -0.129. The van der Waals surface area contributed by atoms with Crippen molar-refractivity contribution in [3.8, 4) is 0 Å². The van der Waals surface area contributed by atoms with Crippen LogP contribution in [0.25, 0.3) is 0 Å². The predicted molar refractivity (Wildman–Crippen MR) is 61.3 cm³/mol. The number of piperidine rings is 1. The number of hydrogen-bond donors (Lipinski definition) is 2. The molecule has 16 heavy (non-hydrogen) atoms. The molecule has 2 N–H and O–H groups in total. The minimum absolute atomic E-state index is 0.0362. The molecule has 1 unspecified atom stereocenters. The summed E-state index contributed by atoms with van der Waals surface area (Å²) in [5.74, 6) is -0.0666. The topological polar surface area (TPSA) is 59.6 Å². The second-order valence-electron chi connectivity index (χ2n) is 4.18. The largest absolute Gasteiger partial charge is 0.383 e. The van der Waals surface area contributed by atoms with Crippen LogP contribution in [0, 0.1) is 0 Å². The maximum atomic E-state index is 11.5. The van der Waals surface area contributed by atoms with Gasteiger partial charge in [0.15, 0.2) is 0 Å². The Labute approximate surface area is 96.9 Å². The number of carbonyl (C=O) groups excluding carboxylic acids is 1. The summed E-state index contributed by atoms with van der Waals surface area (Å²) in [5.41, 5.74) is 0. The molecular weight excluding hydrogens is 208 g/mol. The van der Waals surface area contributed by atoms with E-state index < -0.39 is 0 Å². The third-order valence-corrected chi connectivity index (χ3v) is 2.56. The lowest BCUT2D eigenvalue weighted by Gasteiger charge is -2.23. The first-order valence-electron chi connectivity index (χ1n) is 5.83. The Morgan fingerprint density at radius 3 is 2.81 bits per heavy atom. The van der Waals surface area contributed by atoms with E-state index >= 15 is 0 Å². The van der Waals surface area contributed by atoms with Crippen LogP contribution in [0.2, 0.25) is 0 Å². The van der Waals surface area contributed by atoms with Gasteiger partial charge in [0.2, 0.25) is 5.91 Å². The van der Waals surface area contributed by atoms with Crippen LogP contribution < -0.4 is 10.6 Å². The summed E-state index contributed by atoms with van der Waals surface area (Å²) < 4.78 is 10.5. The van der Waals surface area contributed by atoms with Crippen molar-refractivity contribution in [3.05, 3.63) is 0 Å².